The highest BCUT2D eigenvalue weighted by Gasteiger charge is 2.23. The number of hydrogen-bond donors (Lipinski definition) is 1. The lowest BCUT2D eigenvalue weighted by molar-refractivity contribution is -0.384. The quantitative estimate of drug-likeness (QED) is 0.584. The zero-order chi connectivity index (χ0) is 19.9. The van der Waals surface area contributed by atoms with Crippen LogP contribution in [-0.4, -0.2) is 42.5 Å². The molecule has 1 atom stereocenters. The lowest BCUT2D eigenvalue weighted by Crippen LogP contribution is -2.40. The van der Waals surface area contributed by atoms with Crippen LogP contribution in [0.1, 0.15) is 41.2 Å². The maximum absolute atomic E-state index is 12.5. The van der Waals surface area contributed by atoms with Gasteiger partial charge in [0.15, 0.2) is 0 Å². The van der Waals surface area contributed by atoms with Crippen LogP contribution < -0.4 is 10.1 Å². The van der Waals surface area contributed by atoms with Crippen LogP contribution >= 0.6 is 0 Å². The van der Waals surface area contributed by atoms with Crippen LogP contribution in [0.2, 0.25) is 0 Å². The van der Waals surface area contributed by atoms with Gasteiger partial charge in [0.1, 0.15) is 5.75 Å². The number of nitro groups is 1. The fourth-order valence-corrected chi connectivity index (χ4v) is 3.54. The van der Waals surface area contributed by atoms with Gasteiger partial charge in [-0.05, 0) is 55.8 Å². The van der Waals surface area contributed by atoms with Crippen molar-refractivity contribution in [3.05, 3.63) is 69.8 Å². The Labute approximate surface area is 164 Å². The molecule has 7 heteroatoms. The molecule has 1 amide bonds. The predicted molar refractivity (Wildman–Crippen MR) is 107 cm³/mol. The van der Waals surface area contributed by atoms with Gasteiger partial charge in [0, 0.05) is 24.2 Å². The van der Waals surface area contributed by atoms with E-state index in [4.69, 9.17) is 4.74 Å². The summed E-state index contributed by atoms with van der Waals surface area (Å²) in [5.74, 6) is 0.571. The molecule has 3 rings (SSSR count). The monoisotopic (exact) mass is 383 g/mol. The van der Waals surface area contributed by atoms with E-state index in [2.05, 4.69) is 10.2 Å². The molecule has 0 spiro atoms. The molecule has 28 heavy (non-hydrogen) atoms. The summed E-state index contributed by atoms with van der Waals surface area (Å²) < 4.78 is 5.25. The number of nitrogens with zero attached hydrogens (tertiary/aromatic N) is 2. The van der Waals surface area contributed by atoms with Gasteiger partial charge < -0.3 is 10.1 Å². The zero-order valence-electron chi connectivity index (χ0n) is 16.0. The first-order valence-electron chi connectivity index (χ1n) is 9.49. The molecule has 148 valence electrons. The minimum atomic E-state index is -0.474. The molecule has 0 radical (unpaired) electrons. The Morgan fingerprint density at radius 3 is 2.32 bits per heavy atom. The van der Waals surface area contributed by atoms with E-state index in [1.54, 1.807) is 7.11 Å². The van der Waals surface area contributed by atoms with E-state index in [-0.39, 0.29) is 17.6 Å². The Hall–Kier alpha value is -2.93. The van der Waals surface area contributed by atoms with Crippen LogP contribution in [0, 0.1) is 10.1 Å². The number of ether oxygens (including phenoxy) is 1. The summed E-state index contributed by atoms with van der Waals surface area (Å²) in [5, 5.41) is 13.8. The summed E-state index contributed by atoms with van der Waals surface area (Å²) in [5.41, 5.74) is 1.52. The largest absolute Gasteiger partial charge is 0.497 e. The molecule has 1 fully saturated rings. The Morgan fingerprint density at radius 1 is 1.11 bits per heavy atom. The number of amides is 1. The third-order valence-corrected chi connectivity index (χ3v) is 5.13. The van der Waals surface area contributed by atoms with Gasteiger partial charge in [-0.15, -0.1) is 0 Å². The van der Waals surface area contributed by atoms with Crippen molar-refractivity contribution < 1.29 is 14.5 Å². The second-order valence-electron chi connectivity index (χ2n) is 6.90. The average molecular weight is 383 g/mol. The smallest absolute Gasteiger partial charge is 0.269 e. The van der Waals surface area contributed by atoms with E-state index in [0.29, 0.717) is 12.1 Å². The Kier molecular flexibility index (Phi) is 6.60. The number of nitro benzene ring substituents is 1. The van der Waals surface area contributed by atoms with Crippen LogP contribution in [0.4, 0.5) is 5.69 Å². The number of likely N-dealkylation sites (tertiary alicyclic amines) is 1. The van der Waals surface area contributed by atoms with Crippen LogP contribution in [0.3, 0.4) is 0 Å². The third kappa shape index (κ3) is 4.86. The molecule has 2 aromatic carbocycles. The number of methoxy groups -OCH3 is 1. The van der Waals surface area contributed by atoms with E-state index in [1.807, 2.05) is 24.3 Å². The molecular formula is C21H25N3O4. The van der Waals surface area contributed by atoms with Crippen molar-refractivity contribution in [3.63, 3.8) is 0 Å². The van der Waals surface area contributed by atoms with Crippen molar-refractivity contribution in [2.45, 2.75) is 25.3 Å². The van der Waals surface area contributed by atoms with E-state index in [0.717, 1.165) is 37.2 Å². The topological polar surface area (TPSA) is 84.7 Å². The number of rotatable bonds is 7. The first-order valence-corrected chi connectivity index (χ1v) is 9.49. The van der Waals surface area contributed by atoms with Gasteiger partial charge in [-0.2, -0.15) is 0 Å². The van der Waals surface area contributed by atoms with Gasteiger partial charge in [-0.25, -0.2) is 0 Å². The molecule has 0 bridgehead atoms. The number of hydrogen-bond acceptors (Lipinski definition) is 5. The number of piperidine rings is 1. The molecule has 1 N–H and O–H groups in total. The zero-order valence-corrected chi connectivity index (χ0v) is 16.0. The van der Waals surface area contributed by atoms with Crippen molar-refractivity contribution in [2.24, 2.45) is 0 Å². The minimum Gasteiger partial charge on any atom is -0.497 e. The lowest BCUT2D eigenvalue weighted by Gasteiger charge is -2.35. The van der Waals surface area contributed by atoms with Crippen LogP contribution in [0.25, 0.3) is 0 Å². The van der Waals surface area contributed by atoms with Crippen molar-refractivity contribution in [3.8, 4) is 5.75 Å². The predicted octanol–water partition coefficient (Wildman–Crippen LogP) is 3.56. The van der Waals surface area contributed by atoms with E-state index in [9.17, 15) is 14.9 Å². The van der Waals surface area contributed by atoms with Crippen molar-refractivity contribution >= 4 is 11.6 Å². The van der Waals surface area contributed by atoms with Crippen LogP contribution in [0.5, 0.6) is 5.75 Å². The van der Waals surface area contributed by atoms with Gasteiger partial charge >= 0.3 is 0 Å². The minimum absolute atomic E-state index is 0.0269. The highest BCUT2D eigenvalue weighted by molar-refractivity contribution is 5.94. The average Bonchev–Trinajstić information content (AvgIpc) is 2.75. The first-order chi connectivity index (χ1) is 13.6. The molecule has 1 saturated heterocycles. The van der Waals surface area contributed by atoms with E-state index >= 15 is 0 Å². The van der Waals surface area contributed by atoms with E-state index in [1.165, 1.54) is 30.7 Å². The van der Waals surface area contributed by atoms with E-state index < -0.39 is 4.92 Å². The highest BCUT2D eigenvalue weighted by Crippen LogP contribution is 2.26. The standard InChI is InChI=1S/C21H25N3O4/c1-28-19-11-7-16(8-12-19)20(23-13-3-2-4-14-23)15-22-21(25)17-5-9-18(10-6-17)24(26)27/h5-12,20H,2-4,13-15H2,1H3,(H,22,25). The summed E-state index contributed by atoms with van der Waals surface area (Å²) in [6.45, 7) is 2.48. The Bertz CT molecular complexity index is 799. The number of carbonyl (C=O) groups is 1. The molecular weight excluding hydrogens is 358 g/mol. The third-order valence-electron chi connectivity index (χ3n) is 5.13. The van der Waals surface area contributed by atoms with Crippen molar-refractivity contribution in [1.29, 1.82) is 0 Å². The fourth-order valence-electron chi connectivity index (χ4n) is 3.54. The number of carbonyl (C=O) groups excluding carboxylic acids is 1. The number of non-ortho nitro benzene ring substituents is 1. The Morgan fingerprint density at radius 2 is 1.75 bits per heavy atom. The maximum Gasteiger partial charge on any atom is 0.269 e. The molecule has 0 saturated carbocycles. The molecule has 2 aromatic rings. The number of benzene rings is 2. The number of nitrogens with one attached hydrogen (secondary N) is 1. The van der Waals surface area contributed by atoms with Crippen LogP contribution in [0.15, 0.2) is 48.5 Å². The van der Waals surface area contributed by atoms with Gasteiger partial charge in [0.2, 0.25) is 0 Å². The van der Waals surface area contributed by atoms with Gasteiger partial charge in [0.25, 0.3) is 11.6 Å². The normalized spacial score (nSPS) is 15.6. The lowest BCUT2D eigenvalue weighted by atomic mass is 10.0. The summed E-state index contributed by atoms with van der Waals surface area (Å²) in [7, 11) is 1.64. The molecule has 1 heterocycles. The fraction of sp³-hybridized carbons (Fsp3) is 0.381. The first kappa shape index (κ1) is 19.8. The molecule has 1 aliphatic rings. The second kappa shape index (κ2) is 9.32. The van der Waals surface area contributed by atoms with Crippen LogP contribution in [-0.2, 0) is 0 Å². The summed E-state index contributed by atoms with van der Waals surface area (Å²) in [6.07, 6.45) is 3.55. The molecule has 1 aliphatic heterocycles. The Balaban J connectivity index is 1.71. The molecule has 7 nitrogen and oxygen atoms in total. The second-order valence-corrected chi connectivity index (χ2v) is 6.90. The summed E-state index contributed by atoms with van der Waals surface area (Å²) >= 11 is 0. The highest BCUT2D eigenvalue weighted by atomic mass is 16.6. The summed E-state index contributed by atoms with van der Waals surface area (Å²) in [4.78, 5) is 25.2. The molecule has 0 aromatic heterocycles. The maximum atomic E-state index is 12.5. The van der Waals surface area contributed by atoms with Crippen molar-refractivity contribution in [2.75, 3.05) is 26.7 Å². The van der Waals surface area contributed by atoms with Gasteiger partial charge in [-0.1, -0.05) is 18.6 Å². The SMILES string of the molecule is COc1ccc(C(CNC(=O)c2ccc([N+](=O)[O-])cc2)N2CCCCC2)cc1. The molecule has 0 aliphatic carbocycles. The molecule has 1 unspecified atom stereocenters. The summed E-state index contributed by atoms with van der Waals surface area (Å²) in [6, 6.07) is 13.7. The van der Waals surface area contributed by atoms with Gasteiger partial charge in [-0.3, -0.25) is 19.8 Å². The van der Waals surface area contributed by atoms with Crippen molar-refractivity contribution in [1.82, 2.24) is 10.2 Å². The van der Waals surface area contributed by atoms with Gasteiger partial charge in [0.05, 0.1) is 18.1 Å².